The second-order valence-corrected chi connectivity index (χ2v) is 6.03. The summed E-state index contributed by atoms with van der Waals surface area (Å²) >= 11 is 0. The van der Waals surface area contributed by atoms with E-state index in [9.17, 15) is 9.90 Å². The van der Waals surface area contributed by atoms with Crippen molar-refractivity contribution in [2.24, 2.45) is 5.73 Å². The van der Waals surface area contributed by atoms with Crippen LogP contribution in [0.5, 0.6) is 5.75 Å². The lowest BCUT2D eigenvalue weighted by atomic mass is 10.0. The van der Waals surface area contributed by atoms with Crippen molar-refractivity contribution in [3.63, 3.8) is 0 Å². The summed E-state index contributed by atoms with van der Waals surface area (Å²) in [6.07, 6.45) is 6.03. The summed E-state index contributed by atoms with van der Waals surface area (Å²) in [6.45, 7) is 0.579. The van der Waals surface area contributed by atoms with Gasteiger partial charge in [0.05, 0.1) is 6.04 Å². The second kappa shape index (κ2) is 9.61. The van der Waals surface area contributed by atoms with Crippen molar-refractivity contribution in [3.8, 4) is 5.75 Å². The highest BCUT2D eigenvalue weighted by Crippen LogP contribution is 2.29. The third-order valence-electron chi connectivity index (χ3n) is 4.08. The van der Waals surface area contributed by atoms with Crippen molar-refractivity contribution < 1.29 is 9.90 Å². The van der Waals surface area contributed by atoms with Crippen molar-refractivity contribution in [1.82, 2.24) is 9.88 Å². The number of hydrogen-bond acceptors (Lipinski definition) is 4. The molecule has 1 aliphatic carbocycles. The van der Waals surface area contributed by atoms with Crippen molar-refractivity contribution in [2.75, 3.05) is 0 Å². The molecule has 3 N–H and O–H groups in total. The van der Waals surface area contributed by atoms with Crippen LogP contribution in [0.25, 0.3) is 0 Å². The molecule has 25 heavy (non-hydrogen) atoms. The molecule has 1 aromatic carbocycles. The number of aromatic nitrogens is 1. The number of nitrogens with zero attached hydrogens (tertiary/aromatic N) is 2. The van der Waals surface area contributed by atoms with Gasteiger partial charge in [0.1, 0.15) is 5.75 Å². The summed E-state index contributed by atoms with van der Waals surface area (Å²) in [5.74, 6) is 0.198. The van der Waals surface area contributed by atoms with E-state index in [0.29, 0.717) is 19.0 Å². The second-order valence-electron chi connectivity index (χ2n) is 6.03. The molecule has 0 saturated heterocycles. The monoisotopic (exact) mass is 383 g/mol. The van der Waals surface area contributed by atoms with E-state index in [0.717, 1.165) is 24.0 Å². The van der Waals surface area contributed by atoms with Gasteiger partial charge in [0.25, 0.3) is 0 Å². The smallest absolute Gasteiger partial charge is 0.240 e. The zero-order valence-electron chi connectivity index (χ0n) is 13.7. The van der Waals surface area contributed by atoms with Crippen LogP contribution in [0.15, 0.2) is 48.8 Å². The van der Waals surface area contributed by atoms with Gasteiger partial charge in [-0.05, 0) is 54.7 Å². The minimum absolute atomic E-state index is 0. The average Bonchev–Trinajstić information content (AvgIpc) is 3.40. The van der Waals surface area contributed by atoms with Crippen LogP contribution >= 0.6 is 24.8 Å². The highest BCUT2D eigenvalue weighted by molar-refractivity contribution is 5.85. The first kappa shape index (κ1) is 21.2. The third kappa shape index (κ3) is 5.88. The van der Waals surface area contributed by atoms with Crippen molar-refractivity contribution >= 4 is 30.7 Å². The van der Waals surface area contributed by atoms with E-state index in [1.165, 1.54) is 0 Å². The lowest BCUT2D eigenvalue weighted by Crippen LogP contribution is -2.45. The van der Waals surface area contributed by atoms with Gasteiger partial charge < -0.3 is 15.7 Å². The van der Waals surface area contributed by atoms with Crippen LogP contribution in [0.2, 0.25) is 0 Å². The van der Waals surface area contributed by atoms with E-state index in [1.54, 1.807) is 36.7 Å². The molecule has 7 heteroatoms. The van der Waals surface area contributed by atoms with Crippen LogP contribution in [0.3, 0.4) is 0 Å². The molecule has 1 saturated carbocycles. The molecule has 2 aromatic rings. The van der Waals surface area contributed by atoms with Crippen molar-refractivity contribution in [1.29, 1.82) is 0 Å². The van der Waals surface area contributed by atoms with Gasteiger partial charge >= 0.3 is 0 Å². The Hall–Kier alpha value is -1.82. The predicted molar refractivity (Wildman–Crippen MR) is 102 cm³/mol. The van der Waals surface area contributed by atoms with Gasteiger partial charge in [-0.3, -0.25) is 9.78 Å². The van der Waals surface area contributed by atoms with Crippen molar-refractivity contribution in [3.05, 3.63) is 59.9 Å². The summed E-state index contributed by atoms with van der Waals surface area (Å²) in [5, 5.41) is 9.32. The van der Waals surface area contributed by atoms with Crippen LogP contribution in [0.4, 0.5) is 0 Å². The molecule has 5 nitrogen and oxygen atoms in total. The highest BCUT2D eigenvalue weighted by atomic mass is 35.5. The van der Waals surface area contributed by atoms with Gasteiger partial charge in [-0.1, -0.05) is 12.1 Å². The van der Waals surface area contributed by atoms with Gasteiger partial charge in [-0.25, -0.2) is 0 Å². The number of phenols is 1. The van der Waals surface area contributed by atoms with Gasteiger partial charge in [-0.15, -0.1) is 24.8 Å². The van der Waals surface area contributed by atoms with Crippen LogP contribution in [0, 0.1) is 0 Å². The Balaban J connectivity index is 0.00000156. The fourth-order valence-corrected chi connectivity index (χ4v) is 2.64. The van der Waals surface area contributed by atoms with Crippen LogP contribution in [-0.4, -0.2) is 33.0 Å². The third-order valence-corrected chi connectivity index (χ3v) is 4.08. The zero-order chi connectivity index (χ0) is 16.2. The van der Waals surface area contributed by atoms with Crippen LogP contribution in [-0.2, 0) is 17.8 Å². The molecule has 1 heterocycles. The molecule has 0 radical (unpaired) electrons. The number of amides is 1. The summed E-state index contributed by atoms with van der Waals surface area (Å²) < 4.78 is 0. The Morgan fingerprint density at radius 1 is 1.12 bits per heavy atom. The number of phenolic OH excluding ortho intramolecular Hbond substituents is 1. The quantitative estimate of drug-likeness (QED) is 0.803. The van der Waals surface area contributed by atoms with Gasteiger partial charge in [0, 0.05) is 25.0 Å². The number of pyridine rings is 1. The maximum absolute atomic E-state index is 12.7. The lowest BCUT2D eigenvalue weighted by Gasteiger charge is -2.26. The fraction of sp³-hybridized carbons (Fsp3) is 0.333. The molecular weight excluding hydrogens is 361 g/mol. The van der Waals surface area contributed by atoms with E-state index in [-0.39, 0.29) is 36.5 Å². The molecule has 1 amide bonds. The van der Waals surface area contributed by atoms with Gasteiger partial charge in [0.15, 0.2) is 0 Å². The van der Waals surface area contributed by atoms with E-state index in [1.807, 2.05) is 17.0 Å². The molecule has 0 unspecified atom stereocenters. The summed E-state index contributed by atoms with van der Waals surface area (Å²) in [6, 6.07) is 10.4. The standard InChI is InChI=1S/C18H21N3O2.2ClH/c19-17(11-13-1-5-16(22)6-2-13)18(23)21(15-3-4-15)12-14-7-9-20-10-8-14;;/h1-2,5-10,15,17,22H,3-4,11-12,19H2;2*1H/t17-;;/m1../s1. The van der Waals surface area contributed by atoms with Gasteiger partial charge in [-0.2, -0.15) is 0 Å². The van der Waals surface area contributed by atoms with E-state index in [4.69, 9.17) is 5.73 Å². The molecule has 0 bridgehead atoms. The predicted octanol–water partition coefficient (Wildman–Crippen LogP) is 2.69. The number of benzene rings is 1. The maximum atomic E-state index is 12.7. The molecule has 1 aromatic heterocycles. The molecule has 136 valence electrons. The maximum Gasteiger partial charge on any atom is 0.240 e. The Bertz CT molecular complexity index is 664. The largest absolute Gasteiger partial charge is 0.508 e. The first-order valence-corrected chi connectivity index (χ1v) is 7.86. The Kier molecular flexibility index (Phi) is 8.16. The molecule has 1 fully saturated rings. The zero-order valence-corrected chi connectivity index (χ0v) is 15.4. The van der Waals surface area contributed by atoms with Crippen LogP contribution < -0.4 is 5.73 Å². The first-order chi connectivity index (χ1) is 11.1. The van der Waals surface area contributed by atoms with E-state index >= 15 is 0 Å². The molecule has 3 rings (SSSR count). The van der Waals surface area contributed by atoms with E-state index in [2.05, 4.69) is 4.98 Å². The molecule has 1 atom stereocenters. The van der Waals surface area contributed by atoms with Gasteiger partial charge in [0.2, 0.25) is 5.91 Å². The fourth-order valence-electron chi connectivity index (χ4n) is 2.64. The van der Waals surface area contributed by atoms with E-state index < -0.39 is 6.04 Å². The number of hydrogen-bond donors (Lipinski definition) is 2. The normalized spacial score (nSPS) is 14.0. The summed E-state index contributed by atoms with van der Waals surface area (Å²) in [4.78, 5) is 18.6. The molecule has 0 aliphatic heterocycles. The number of carbonyl (C=O) groups is 1. The number of halogens is 2. The first-order valence-electron chi connectivity index (χ1n) is 7.86. The average molecular weight is 384 g/mol. The van der Waals surface area contributed by atoms with Crippen LogP contribution in [0.1, 0.15) is 24.0 Å². The van der Waals surface area contributed by atoms with Crippen molar-refractivity contribution in [2.45, 2.75) is 37.9 Å². The number of rotatable bonds is 6. The summed E-state index contributed by atoms with van der Waals surface area (Å²) in [5.41, 5.74) is 8.16. The molecular formula is C18H23Cl2N3O2. The number of nitrogens with two attached hydrogens (primary N) is 1. The Labute approximate surface area is 160 Å². The number of aromatic hydroxyl groups is 1. The SMILES string of the molecule is Cl.Cl.N[C@H](Cc1ccc(O)cc1)C(=O)N(Cc1ccncc1)C1CC1. The highest BCUT2D eigenvalue weighted by Gasteiger charge is 2.34. The minimum Gasteiger partial charge on any atom is -0.508 e. The topological polar surface area (TPSA) is 79.5 Å². The number of carbonyl (C=O) groups excluding carboxylic acids is 1. The Morgan fingerprint density at radius 2 is 1.72 bits per heavy atom. The molecule has 1 aliphatic rings. The summed E-state index contributed by atoms with van der Waals surface area (Å²) in [7, 11) is 0. The Morgan fingerprint density at radius 3 is 2.28 bits per heavy atom. The minimum atomic E-state index is -0.568. The molecule has 0 spiro atoms. The lowest BCUT2D eigenvalue weighted by molar-refractivity contribution is -0.133.